The molecule has 1 unspecified atom stereocenters. The highest BCUT2D eigenvalue weighted by molar-refractivity contribution is 7.97. The zero-order chi connectivity index (χ0) is 16.2. The van der Waals surface area contributed by atoms with Gasteiger partial charge >= 0.3 is 0 Å². The van der Waals surface area contributed by atoms with Gasteiger partial charge in [-0.05, 0) is 45.4 Å². The molecule has 0 saturated heterocycles. The van der Waals surface area contributed by atoms with E-state index in [4.69, 9.17) is 9.72 Å². The maximum Gasteiger partial charge on any atom is 0.163 e. The Morgan fingerprint density at radius 1 is 1.39 bits per heavy atom. The highest BCUT2D eigenvalue weighted by Crippen LogP contribution is 2.33. The summed E-state index contributed by atoms with van der Waals surface area (Å²) in [6.45, 7) is 2.95. The summed E-state index contributed by atoms with van der Waals surface area (Å²) in [5.74, 6) is 3.24. The molecule has 5 heteroatoms. The summed E-state index contributed by atoms with van der Waals surface area (Å²) in [4.78, 5) is 9.23. The molecule has 1 N–H and O–H groups in total. The van der Waals surface area contributed by atoms with Crippen LogP contribution in [0.15, 0.2) is 23.9 Å². The van der Waals surface area contributed by atoms with Gasteiger partial charge in [0.25, 0.3) is 0 Å². The molecule has 0 radical (unpaired) electrons. The second kappa shape index (κ2) is 7.49. The van der Waals surface area contributed by atoms with Gasteiger partial charge in [0.05, 0.1) is 18.6 Å². The fraction of sp³-hybridized carbons (Fsp3) is 0.556. The van der Waals surface area contributed by atoms with Crippen LogP contribution >= 0.6 is 11.8 Å². The quantitative estimate of drug-likeness (QED) is 0.829. The smallest absolute Gasteiger partial charge is 0.163 e. The first-order valence-corrected chi connectivity index (χ1v) is 9.64. The Hall–Kier alpha value is -1.33. The molecule has 1 aromatic heterocycles. The molecule has 1 saturated carbocycles. The van der Waals surface area contributed by atoms with Crippen molar-refractivity contribution in [2.24, 2.45) is 5.92 Å². The third kappa shape index (κ3) is 4.15. The maximum absolute atomic E-state index is 6.02. The average molecular weight is 331 g/mol. The van der Waals surface area contributed by atoms with E-state index in [9.17, 15) is 0 Å². The predicted molar refractivity (Wildman–Crippen MR) is 96.7 cm³/mol. The monoisotopic (exact) mass is 331 g/mol. The maximum atomic E-state index is 6.02. The number of thioether (sulfide) groups is 1. The predicted octanol–water partition coefficient (Wildman–Crippen LogP) is 3.45. The standard InChI is InChI=1S/C18H25N3OS/c1-12-8-14(6-7-15(12)19-2)18-16(22-10-13-4-5-13)9-20-17(21-18)11-23-3/h6,8-9,13,15,19H,4-5,7,10-11H2,1-3H3. The van der Waals surface area contributed by atoms with E-state index < -0.39 is 0 Å². The normalized spacial score (nSPS) is 20.9. The molecule has 4 nitrogen and oxygen atoms in total. The molecule has 1 aromatic rings. The van der Waals surface area contributed by atoms with Crippen molar-refractivity contribution in [2.75, 3.05) is 19.9 Å². The molecule has 3 rings (SSSR count). The number of nitrogens with one attached hydrogen (secondary N) is 1. The van der Waals surface area contributed by atoms with Gasteiger partial charge in [0, 0.05) is 11.6 Å². The van der Waals surface area contributed by atoms with Crippen molar-refractivity contribution in [3.05, 3.63) is 35.4 Å². The minimum absolute atomic E-state index is 0.419. The molecule has 124 valence electrons. The fourth-order valence-corrected chi connectivity index (χ4v) is 3.15. The van der Waals surface area contributed by atoms with Crippen LogP contribution in [0.5, 0.6) is 5.75 Å². The van der Waals surface area contributed by atoms with Gasteiger partial charge in [0.2, 0.25) is 0 Å². The highest BCUT2D eigenvalue weighted by atomic mass is 32.2. The van der Waals surface area contributed by atoms with Gasteiger partial charge in [-0.3, -0.25) is 0 Å². The van der Waals surface area contributed by atoms with Crippen LogP contribution in [0.3, 0.4) is 0 Å². The first-order chi connectivity index (χ1) is 11.2. The number of hydrogen-bond acceptors (Lipinski definition) is 5. The van der Waals surface area contributed by atoms with Crippen LogP contribution in [0.4, 0.5) is 0 Å². The number of hydrogen-bond donors (Lipinski definition) is 1. The molecule has 1 fully saturated rings. The number of nitrogens with zero attached hydrogens (tertiary/aromatic N) is 2. The van der Waals surface area contributed by atoms with Crippen LogP contribution in [0.1, 0.15) is 37.7 Å². The second-order valence-corrected chi connectivity index (χ2v) is 7.18. The number of aromatic nitrogens is 2. The third-order valence-electron chi connectivity index (χ3n) is 4.38. The van der Waals surface area contributed by atoms with Crippen molar-refractivity contribution in [1.29, 1.82) is 0 Å². The summed E-state index contributed by atoms with van der Waals surface area (Å²) in [5.41, 5.74) is 3.44. The van der Waals surface area contributed by atoms with Crippen LogP contribution in [0, 0.1) is 5.92 Å². The van der Waals surface area contributed by atoms with Gasteiger partial charge in [-0.15, -0.1) is 0 Å². The Balaban J connectivity index is 1.87. The third-order valence-corrected chi connectivity index (χ3v) is 4.93. The minimum Gasteiger partial charge on any atom is -0.489 e. The lowest BCUT2D eigenvalue weighted by atomic mass is 9.94. The van der Waals surface area contributed by atoms with Gasteiger partial charge in [-0.1, -0.05) is 17.7 Å². The van der Waals surface area contributed by atoms with Crippen molar-refractivity contribution < 1.29 is 4.74 Å². The van der Waals surface area contributed by atoms with E-state index in [1.807, 2.05) is 13.2 Å². The van der Waals surface area contributed by atoms with Gasteiger partial charge in [-0.25, -0.2) is 9.97 Å². The molecule has 0 amide bonds. The average Bonchev–Trinajstić information content (AvgIpc) is 3.38. The summed E-state index contributed by atoms with van der Waals surface area (Å²) < 4.78 is 6.02. The second-order valence-electron chi connectivity index (χ2n) is 6.31. The highest BCUT2D eigenvalue weighted by Gasteiger charge is 2.24. The van der Waals surface area contributed by atoms with Crippen LogP contribution in [0.2, 0.25) is 0 Å². The van der Waals surface area contributed by atoms with E-state index in [1.165, 1.54) is 18.4 Å². The van der Waals surface area contributed by atoms with Gasteiger partial charge in [-0.2, -0.15) is 11.8 Å². The van der Waals surface area contributed by atoms with Crippen LogP contribution in [-0.2, 0) is 5.75 Å². The van der Waals surface area contributed by atoms with E-state index in [0.717, 1.165) is 47.5 Å². The zero-order valence-electron chi connectivity index (χ0n) is 14.1. The minimum atomic E-state index is 0.419. The number of rotatable bonds is 7. The van der Waals surface area contributed by atoms with Crippen molar-refractivity contribution in [3.8, 4) is 5.75 Å². The summed E-state index contributed by atoms with van der Waals surface area (Å²) >= 11 is 1.74. The lowest BCUT2D eigenvalue weighted by Crippen LogP contribution is -2.27. The van der Waals surface area contributed by atoms with E-state index in [-0.39, 0.29) is 0 Å². The lowest BCUT2D eigenvalue weighted by molar-refractivity contribution is 0.296. The molecule has 0 bridgehead atoms. The van der Waals surface area contributed by atoms with E-state index in [0.29, 0.717) is 6.04 Å². The topological polar surface area (TPSA) is 47.0 Å². The summed E-state index contributed by atoms with van der Waals surface area (Å²) in [5, 5.41) is 3.34. The van der Waals surface area contributed by atoms with Crippen molar-refractivity contribution in [2.45, 2.75) is 38.0 Å². The van der Waals surface area contributed by atoms with E-state index >= 15 is 0 Å². The van der Waals surface area contributed by atoms with Crippen molar-refractivity contribution >= 4 is 17.3 Å². The van der Waals surface area contributed by atoms with Crippen molar-refractivity contribution in [3.63, 3.8) is 0 Å². The molecular formula is C18H25N3OS. The molecule has 1 atom stereocenters. The summed E-state index contributed by atoms with van der Waals surface area (Å²) in [6, 6.07) is 0.419. The van der Waals surface area contributed by atoms with Crippen LogP contribution in [0.25, 0.3) is 5.57 Å². The van der Waals surface area contributed by atoms with Gasteiger partial charge in [0.15, 0.2) is 5.75 Å². The Kier molecular flexibility index (Phi) is 5.38. The van der Waals surface area contributed by atoms with E-state index in [1.54, 1.807) is 11.8 Å². The first kappa shape index (κ1) is 16.5. The Labute approximate surface area is 142 Å². The zero-order valence-corrected chi connectivity index (χ0v) is 14.9. The Morgan fingerprint density at radius 2 is 2.22 bits per heavy atom. The fourth-order valence-electron chi connectivity index (χ4n) is 2.76. The molecule has 1 heterocycles. The van der Waals surface area contributed by atoms with Gasteiger partial charge in [0.1, 0.15) is 11.5 Å². The van der Waals surface area contributed by atoms with Gasteiger partial charge < -0.3 is 10.1 Å². The van der Waals surface area contributed by atoms with Crippen LogP contribution < -0.4 is 10.1 Å². The molecule has 2 aliphatic carbocycles. The van der Waals surface area contributed by atoms with Crippen LogP contribution in [-0.4, -0.2) is 35.9 Å². The Bertz CT molecular complexity index is 623. The summed E-state index contributed by atoms with van der Waals surface area (Å²) in [6.07, 6.45) is 12.0. The molecule has 0 aliphatic heterocycles. The molecular weight excluding hydrogens is 306 g/mol. The molecule has 23 heavy (non-hydrogen) atoms. The molecule has 0 spiro atoms. The largest absolute Gasteiger partial charge is 0.489 e. The number of likely N-dealkylation sites (N-methyl/N-ethyl adjacent to an activating group) is 1. The van der Waals surface area contributed by atoms with E-state index in [2.05, 4.69) is 35.6 Å². The van der Waals surface area contributed by atoms with Crippen molar-refractivity contribution in [1.82, 2.24) is 15.3 Å². The molecule has 2 aliphatic rings. The SMILES string of the molecule is CNC1CC=C(c2nc(CSC)ncc2OCC2CC2)C=C1C. The number of allylic oxidation sites excluding steroid dienone is 2. The number of ether oxygens (including phenoxy) is 1. The Morgan fingerprint density at radius 3 is 2.87 bits per heavy atom. The first-order valence-electron chi connectivity index (χ1n) is 8.25. The summed E-state index contributed by atoms with van der Waals surface area (Å²) in [7, 11) is 2.01. The molecule has 0 aromatic carbocycles. The lowest BCUT2D eigenvalue weighted by Gasteiger charge is -2.21.